The molecule has 1 aromatic rings. The molecule has 6 nitrogen and oxygen atoms in total. The van der Waals surface area contributed by atoms with Gasteiger partial charge in [0.05, 0.1) is 5.69 Å². The SMILES string of the molecule is CCC1(C(=O)O)CCCN1C(=O)Nc1nc(C)c(C)s1. The van der Waals surface area contributed by atoms with Crippen molar-refractivity contribution in [3.05, 3.63) is 10.6 Å². The van der Waals surface area contributed by atoms with Crippen LogP contribution < -0.4 is 5.32 Å². The number of rotatable bonds is 3. The smallest absolute Gasteiger partial charge is 0.329 e. The van der Waals surface area contributed by atoms with E-state index < -0.39 is 11.5 Å². The maximum Gasteiger partial charge on any atom is 0.329 e. The zero-order valence-electron chi connectivity index (χ0n) is 11.9. The quantitative estimate of drug-likeness (QED) is 0.898. The number of amides is 2. The maximum absolute atomic E-state index is 12.3. The molecule has 0 spiro atoms. The summed E-state index contributed by atoms with van der Waals surface area (Å²) in [5.74, 6) is -0.931. The van der Waals surface area contributed by atoms with Gasteiger partial charge in [0.25, 0.3) is 0 Å². The molecule has 1 aliphatic heterocycles. The molecule has 0 bridgehead atoms. The summed E-state index contributed by atoms with van der Waals surface area (Å²) in [6.07, 6.45) is 1.62. The molecular formula is C13H19N3O3S. The molecule has 2 amide bonds. The van der Waals surface area contributed by atoms with Gasteiger partial charge in [0, 0.05) is 11.4 Å². The fourth-order valence-electron chi connectivity index (χ4n) is 2.60. The van der Waals surface area contributed by atoms with E-state index in [0.29, 0.717) is 30.9 Å². The third-order valence-electron chi connectivity index (χ3n) is 3.96. The Hall–Kier alpha value is -1.63. The van der Waals surface area contributed by atoms with Crippen LogP contribution in [0.2, 0.25) is 0 Å². The maximum atomic E-state index is 12.3. The minimum Gasteiger partial charge on any atom is -0.479 e. The first kappa shape index (κ1) is 14.8. The highest BCUT2D eigenvalue weighted by atomic mass is 32.1. The van der Waals surface area contributed by atoms with E-state index in [4.69, 9.17) is 0 Å². The molecule has 1 atom stereocenters. The van der Waals surface area contributed by atoms with E-state index in [9.17, 15) is 14.7 Å². The third kappa shape index (κ3) is 2.37. The number of carboxylic acids is 1. The van der Waals surface area contributed by atoms with Crippen LogP contribution in [0.1, 0.15) is 36.8 Å². The second-order valence-corrected chi connectivity index (χ2v) is 6.24. The Morgan fingerprint density at radius 3 is 2.70 bits per heavy atom. The van der Waals surface area contributed by atoms with Crippen LogP contribution in [-0.2, 0) is 4.79 Å². The average Bonchev–Trinajstić information content (AvgIpc) is 2.94. The molecule has 1 aromatic heterocycles. The van der Waals surface area contributed by atoms with E-state index in [-0.39, 0.29) is 6.03 Å². The Labute approximate surface area is 121 Å². The van der Waals surface area contributed by atoms with E-state index in [2.05, 4.69) is 10.3 Å². The number of nitrogens with zero attached hydrogens (tertiary/aromatic N) is 2. The minimum atomic E-state index is -1.08. The van der Waals surface area contributed by atoms with Gasteiger partial charge < -0.3 is 10.0 Å². The molecule has 0 aromatic carbocycles. The predicted octanol–water partition coefficient (Wildman–Crippen LogP) is 2.62. The van der Waals surface area contributed by atoms with Gasteiger partial charge in [-0.05, 0) is 33.1 Å². The number of anilines is 1. The Kier molecular flexibility index (Phi) is 3.99. The van der Waals surface area contributed by atoms with E-state index >= 15 is 0 Å². The molecule has 1 unspecified atom stereocenters. The van der Waals surface area contributed by atoms with Gasteiger partial charge in [0.15, 0.2) is 5.13 Å². The lowest BCUT2D eigenvalue weighted by Gasteiger charge is -2.33. The molecule has 2 rings (SSSR count). The van der Waals surface area contributed by atoms with Crippen molar-refractivity contribution in [1.29, 1.82) is 0 Å². The molecule has 0 saturated carbocycles. The summed E-state index contributed by atoms with van der Waals surface area (Å²) < 4.78 is 0. The summed E-state index contributed by atoms with van der Waals surface area (Å²) in [5.41, 5.74) is -0.197. The van der Waals surface area contributed by atoms with Gasteiger partial charge in [0.1, 0.15) is 5.54 Å². The molecule has 0 aliphatic carbocycles. The standard InChI is InChI=1S/C13H19N3O3S/c1-4-13(10(17)18)6-5-7-16(13)12(19)15-11-14-8(2)9(3)20-11/h4-7H2,1-3H3,(H,17,18)(H,14,15,19). The van der Waals surface area contributed by atoms with Crippen molar-refractivity contribution in [3.8, 4) is 0 Å². The molecular weight excluding hydrogens is 278 g/mol. The van der Waals surface area contributed by atoms with Crippen molar-refractivity contribution < 1.29 is 14.7 Å². The Morgan fingerprint density at radius 1 is 1.50 bits per heavy atom. The van der Waals surface area contributed by atoms with Crippen molar-refractivity contribution in [2.24, 2.45) is 0 Å². The van der Waals surface area contributed by atoms with Crippen molar-refractivity contribution in [2.75, 3.05) is 11.9 Å². The number of thiazole rings is 1. The van der Waals surface area contributed by atoms with Crippen molar-refractivity contribution in [1.82, 2.24) is 9.88 Å². The number of aromatic nitrogens is 1. The number of likely N-dealkylation sites (tertiary alicyclic amines) is 1. The highest BCUT2D eigenvalue weighted by Gasteiger charge is 2.48. The van der Waals surface area contributed by atoms with Crippen molar-refractivity contribution in [3.63, 3.8) is 0 Å². The molecule has 2 N–H and O–H groups in total. The second kappa shape index (κ2) is 5.40. The number of carbonyl (C=O) groups excluding carboxylic acids is 1. The highest BCUT2D eigenvalue weighted by molar-refractivity contribution is 7.15. The number of hydrogen-bond acceptors (Lipinski definition) is 4. The average molecular weight is 297 g/mol. The number of urea groups is 1. The summed E-state index contributed by atoms with van der Waals surface area (Å²) >= 11 is 1.40. The van der Waals surface area contributed by atoms with Crippen molar-refractivity contribution >= 4 is 28.5 Å². The lowest BCUT2D eigenvalue weighted by molar-refractivity contribution is -0.148. The summed E-state index contributed by atoms with van der Waals surface area (Å²) in [4.78, 5) is 30.6. The lowest BCUT2D eigenvalue weighted by atomic mass is 9.93. The molecule has 110 valence electrons. The molecule has 1 saturated heterocycles. The largest absolute Gasteiger partial charge is 0.479 e. The number of hydrogen-bond donors (Lipinski definition) is 2. The Balaban J connectivity index is 2.17. The van der Waals surface area contributed by atoms with Crippen LogP contribution in [0.15, 0.2) is 0 Å². The Morgan fingerprint density at radius 2 is 2.20 bits per heavy atom. The van der Waals surface area contributed by atoms with Gasteiger partial charge >= 0.3 is 12.0 Å². The van der Waals surface area contributed by atoms with Crippen LogP contribution in [0, 0.1) is 13.8 Å². The molecule has 7 heteroatoms. The second-order valence-electron chi connectivity index (χ2n) is 5.04. The summed E-state index contributed by atoms with van der Waals surface area (Å²) in [6, 6.07) is -0.375. The van der Waals surface area contributed by atoms with Gasteiger partial charge in [0.2, 0.25) is 0 Å². The molecule has 2 heterocycles. The highest BCUT2D eigenvalue weighted by Crippen LogP contribution is 2.33. The van der Waals surface area contributed by atoms with Crippen molar-refractivity contribution in [2.45, 2.75) is 45.6 Å². The van der Waals surface area contributed by atoms with E-state index in [1.807, 2.05) is 13.8 Å². The van der Waals surface area contributed by atoms with Crippen LogP contribution in [0.4, 0.5) is 9.93 Å². The number of carbonyl (C=O) groups is 2. The normalized spacial score (nSPS) is 22.1. The van der Waals surface area contributed by atoms with Crippen LogP contribution in [0.5, 0.6) is 0 Å². The third-order valence-corrected chi connectivity index (χ3v) is 4.95. The van der Waals surface area contributed by atoms with Gasteiger partial charge in [-0.1, -0.05) is 6.92 Å². The summed E-state index contributed by atoms with van der Waals surface area (Å²) in [7, 11) is 0. The zero-order valence-corrected chi connectivity index (χ0v) is 12.7. The van der Waals surface area contributed by atoms with Crippen LogP contribution in [0.25, 0.3) is 0 Å². The van der Waals surface area contributed by atoms with Crippen LogP contribution >= 0.6 is 11.3 Å². The van der Waals surface area contributed by atoms with Gasteiger partial charge in [-0.15, -0.1) is 11.3 Å². The van der Waals surface area contributed by atoms with E-state index in [1.165, 1.54) is 16.2 Å². The van der Waals surface area contributed by atoms with E-state index in [1.54, 1.807) is 6.92 Å². The van der Waals surface area contributed by atoms with Gasteiger partial charge in [-0.25, -0.2) is 14.6 Å². The number of aliphatic carboxylic acids is 1. The first-order valence-corrected chi connectivity index (χ1v) is 7.48. The first-order chi connectivity index (χ1) is 9.40. The number of nitrogens with one attached hydrogen (secondary N) is 1. The zero-order chi connectivity index (χ0) is 14.9. The monoisotopic (exact) mass is 297 g/mol. The van der Waals surface area contributed by atoms with Gasteiger partial charge in [-0.3, -0.25) is 5.32 Å². The van der Waals surface area contributed by atoms with Gasteiger partial charge in [-0.2, -0.15) is 0 Å². The number of aryl methyl sites for hydroxylation is 2. The molecule has 1 fully saturated rings. The Bertz CT molecular complexity index is 523. The fraction of sp³-hybridized carbons (Fsp3) is 0.615. The fourth-order valence-corrected chi connectivity index (χ4v) is 3.41. The van der Waals surface area contributed by atoms with Crippen LogP contribution in [-0.4, -0.2) is 39.1 Å². The summed E-state index contributed by atoms with van der Waals surface area (Å²) in [6.45, 7) is 6.09. The summed E-state index contributed by atoms with van der Waals surface area (Å²) in [5, 5.41) is 12.7. The predicted molar refractivity (Wildman–Crippen MR) is 77.2 cm³/mol. The molecule has 20 heavy (non-hydrogen) atoms. The molecule has 1 aliphatic rings. The number of carboxylic acid groups (broad SMARTS) is 1. The lowest BCUT2D eigenvalue weighted by Crippen LogP contribution is -2.54. The van der Waals surface area contributed by atoms with E-state index in [0.717, 1.165) is 10.6 Å². The first-order valence-electron chi connectivity index (χ1n) is 6.66. The topological polar surface area (TPSA) is 82.5 Å². The minimum absolute atomic E-state index is 0.375. The van der Waals surface area contributed by atoms with Crippen LogP contribution in [0.3, 0.4) is 0 Å². The molecule has 0 radical (unpaired) electrons.